The Morgan fingerprint density at radius 3 is 1.43 bits per heavy atom. The summed E-state index contributed by atoms with van der Waals surface area (Å²) in [5, 5.41) is 0. The largest absolute Gasteiger partial charge is 0.243 e. The second kappa shape index (κ2) is 6.67. The molecule has 0 heterocycles. The minimum atomic E-state index is -3.55. The zero-order valence-corrected chi connectivity index (χ0v) is 13.4. The third-order valence-corrected chi connectivity index (χ3v) is 5.13. The van der Waals surface area contributed by atoms with Crippen LogP contribution in [0.1, 0.15) is 5.56 Å². The molecule has 0 aliphatic heterocycles. The molecule has 116 valence electrons. The van der Waals surface area contributed by atoms with Crippen LogP contribution in [0.2, 0.25) is 0 Å². The van der Waals surface area contributed by atoms with Crippen molar-refractivity contribution in [2.45, 2.75) is 5.75 Å². The minimum absolute atomic E-state index is 0.0440. The van der Waals surface area contributed by atoms with Crippen molar-refractivity contribution in [1.82, 2.24) is 0 Å². The van der Waals surface area contributed by atoms with Crippen LogP contribution >= 0.6 is 0 Å². The van der Waals surface area contributed by atoms with Gasteiger partial charge in [-0.05, 0) is 29.8 Å². The fraction of sp³-hybridized carbons (Fsp3) is 0.0526. The molecule has 3 aromatic carbocycles. The van der Waals surface area contributed by atoms with Crippen LogP contribution in [-0.2, 0) is 15.8 Å². The third-order valence-electron chi connectivity index (χ3n) is 3.45. The average molecular weight is 323 g/mol. The highest BCUT2D eigenvalue weighted by Crippen LogP contribution is 2.30. The summed E-state index contributed by atoms with van der Waals surface area (Å²) in [6, 6.07) is 27.5. The highest BCUT2D eigenvalue weighted by atomic mass is 32.2. The van der Waals surface area contributed by atoms with Crippen LogP contribution in [0.3, 0.4) is 0 Å². The molecule has 0 saturated heterocycles. The van der Waals surface area contributed by atoms with Crippen LogP contribution < -0.4 is 4.31 Å². The average Bonchev–Trinajstić information content (AvgIpc) is 2.57. The van der Waals surface area contributed by atoms with Gasteiger partial charge in [0.15, 0.2) is 0 Å². The second-order valence-corrected chi connectivity index (χ2v) is 6.99. The first-order chi connectivity index (χ1) is 11.2. The first-order valence-electron chi connectivity index (χ1n) is 7.34. The molecule has 0 aliphatic rings. The molecule has 0 bridgehead atoms. The van der Waals surface area contributed by atoms with E-state index in [4.69, 9.17) is 0 Å². The maximum absolute atomic E-state index is 13.0. The number of para-hydroxylation sites is 2. The van der Waals surface area contributed by atoms with Crippen molar-refractivity contribution in [3.63, 3.8) is 0 Å². The van der Waals surface area contributed by atoms with Crippen molar-refractivity contribution in [2.24, 2.45) is 0 Å². The van der Waals surface area contributed by atoms with Gasteiger partial charge in [-0.2, -0.15) is 0 Å². The molecule has 0 unspecified atom stereocenters. The van der Waals surface area contributed by atoms with Gasteiger partial charge in [0.1, 0.15) is 0 Å². The highest BCUT2D eigenvalue weighted by Gasteiger charge is 2.24. The summed E-state index contributed by atoms with van der Waals surface area (Å²) < 4.78 is 27.5. The van der Waals surface area contributed by atoms with E-state index < -0.39 is 10.0 Å². The molecule has 0 atom stereocenters. The van der Waals surface area contributed by atoms with Gasteiger partial charge >= 0.3 is 0 Å². The monoisotopic (exact) mass is 323 g/mol. The molecule has 0 N–H and O–H groups in total. The number of benzene rings is 3. The summed E-state index contributed by atoms with van der Waals surface area (Å²) in [5.74, 6) is -0.0440. The summed E-state index contributed by atoms with van der Waals surface area (Å²) in [6.07, 6.45) is 0. The Hall–Kier alpha value is -2.59. The summed E-state index contributed by atoms with van der Waals surface area (Å²) in [5.41, 5.74) is 2.04. The highest BCUT2D eigenvalue weighted by molar-refractivity contribution is 7.92. The summed E-state index contributed by atoms with van der Waals surface area (Å²) >= 11 is 0. The molecular formula is C19H17NO2S. The van der Waals surface area contributed by atoms with Crippen molar-refractivity contribution >= 4 is 21.4 Å². The molecule has 0 aromatic heterocycles. The van der Waals surface area contributed by atoms with Gasteiger partial charge in [-0.15, -0.1) is 0 Å². The Bertz CT molecular complexity index is 808. The van der Waals surface area contributed by atoms with Crippen LogP contribution in [-0.4, -0.2) is 8.42 Å². The van der Waals surface area contributed by atoms with Crippen molar-refractivity contribution in [2.75, 3.05) is 4.31 Å². The fourth-order valence-electron chi connectivity index (χ4n) is 2.45. The number of rotatable bonds is 5. The van der Waals surface area contributed by atoms with E-state index in [1.807, 2.05) is 66.7 Å². The van der Waals surface area contributed by atoms with Gasteiger partial charge in [-0.3, -0.25) is 0 Å². The molecule has 23 heavy (non-hydrogen) atoms. The normalized spacial score (nSPS) is 11.1. The molecule has 0 spiro atoms. The van der Waals surface area contributed by atoms with Crippen molar-refractivity contribution in [3.8, 4) is 0 Å². The van der Waals surface area contributed by atoms with Crippen molar-refractivity contribution in [3.05, 3.63) is 96.6 Å². The number of sulfonamides is 1. The van der Waals surface area contributed by atoms with Crippen LogP contribution in [0.4, 0.5) is 11.4 Å². The Labute approximate surface area is 136 Å². The lowest BCUT2D eigenvalue weighted by atomic mass is 10.2. The molecule has 3 nitrogen and oxygen atoms in total. The Morgan fingerprint density at radius 1 is 0.609 bits per heavy atom. The maximum Gasteiger partial charge on any atom is 0.243 e. The molecule has 0 fully saturated rings. The number of hydrogen-bond acceptors (Lipinski definition) is 2. The van der Waals surface area contributed by atoms with Crippen LogP contribution in [0.15, 0.2) is 91.0 Å². The van der Waals surface area contributed by atoms with Gasteiger partial charge < -0.3 is 0 Å². The summed E-state index contributed by atoms with van der Waals surface area (Å²) in [6.45, 7) is 0. The van der Waals surface area contributed by atoms with E-state index in [9.17, 15) is 8.42 Å². The van der Waals surface area contributed by atoms with E-state index in [0.29, 0.717) is 11.4 Å². The molecule has 3 aromatic rings. The van der Waals surface area contributed by atoms with Gasteiger partial charge in [0.25, 0.3) is 0 Å². The van der Waals surface area contributed by atoms with Gasteiger partial charge in [0.2, 0.25) is 10.0 Å². The molecule has 0 radical (unpaired) electrons. The van der Waals surface area contributed by atoms with E-state index >= 15 is 0 Å². The summed E-state index contributed by atoms with van der Waals surface area (Å²) in [7, 11) is -3.55. The van der Waals surface area contributed by atoms with Crippen molar-refractivity contribution < 1.29 is 8.42 Å². The molecule has 3 rings (SSSR count). The lowest BCUT2D eigenvalue weighted by Gasteiger charge is -2.24. The zero-order chi connectivity index (χ0) is 16.1. The Kier molecular flexibility index (Phi) is 4.44. The number of anilines is 2. The first-order valence-corrected chi connectivity index (χ1v) is 8.95. The second-order valence-electron chi connectivity index (χ2n) is 5.18. The minimum Gasteiger partial charge on any atom is -0.238 e. The predicted molar refractivity (Wildman–Crippen MR) is 94.1 cm³/mol. The Balaban J connectivity index is 2.05. The Morgan fingerprint density at radius 2 is 1.00 bits per heavy atom. The third kappa shape index (κ3) is 3.60. The quantitative estimate of drug-likeness (QED) is 0.700. The standard InChI is InChI=1S/C19H17NO2S/c21-23(22,16-17-10-4-1-5-11-17)20(18-12-6-2-7-13-18)19-14-8-3-9-15-19/h1-15H,16H2. The van der Waals surface area contributed by atoms with E-state index in [-0.39, 0.29) is 5.75 Å². The lowest BCUT2D eigenvalue weighted by molar-refractivity contribution is 0.595. The van der Waals surface area contributed by atoms with Gasteiger partial charge in [0, 0.05) is 0 Å². The first kappa shape index (κ1) is 15.3. The van der Waals surface area contributed by atoms with E-state index in [1.165, 1.54) is 4.31 Å². The van der Waals surface area contributed by atoms with Crippen LogP contribution in [0.5, 0.6) is 0 Å². The van der Waals surface area contributed by atoms with E-state index in [2.05, 4.69) is 0 Å². The molecule has 0 amide bonds. The van der Waals surface area contributed by atoms with Gasteiger partial charge in [0.05, 0.1) is 17.1 Å². The molecule has 0 saturated carbocycles. The molecule has 0 aliphatic carbocycles. The van der Waals surface area contributed by atoms with E-state index in [1.54, 1.807) is 24.3 Å². The van der Waals surface area contributed by atoms with E-state index in [0.717, 1.165) is 5.56 Å². The predicted octanol–water partition coefficient (Wildman–Crippen LogP) is 4.35. The van der Waals surface area contributed by atoms with Gasteiger partial charge in [-0.25, -0.2) is 12.7 Å². The lowest BCUT2D eigenvalue weighted by Crippen LogP contribution is -2.27. The topological polar surface area (TPSA) is 37.4 Å². The number of hydrogen-bond donors (Lipinski definition) is 0. The fourth-order valence-corrected chi connectivity index (χ4v) is 4.08. The zero-order valence-electron chi connectivity index (χ0n) is 12.5. The number of nitrogens with zero attached hydrogens (tertiary/aromatic N) is 1. The SMILES string of the molecule is O=S(=O)(Cc1ccccc1)N(c1ccccc1)c1ccccc1. The van der Waals surface area contributed by atoms with Gasteiger partial charge in [-0.1, -0.05) is 66.7 Å². The van der Waals surface area contributed by atoms with Crippen molar-refractivity contribution in [1.29, 1.82) is 0 Å². The van der Waals surface area contributed by atoms with Crippen LogP contribution in [0.25, 0.3) is 0 Å². The van der Waals surface area contributed by atoms with Crippen LogP contribution in [0, 0.1) is 0 Å². The molecule has 4 heteroatoms. The summed E-state index contributed by atoms with van der Waals surface area (Å²) in [4.78, 5) is 0. The molecular weight excluding hydrogens is 306 g/mol. The maximum atomic E-state index is 13.0. The smallest absolute Gasteiger partial charge is 0.238 e.